The van der Waals surface area contributed by atoms with Crippen LogP contribution in [0.1, 0.15) is 36.6 Å². The fourth-order valence-electron chi connectivity index (χ4n) is 2.62. The Morgan fingerprint density at radius 2 is 2.41 bits per heavy atom. The number of carbonyl (C=O) groups excluding carboxylic acids is 1. The van der Waals surface area contributed by atoms with E-state index in [1.54, 1.807) is 5.51 Å². The van der Waals surface area contributed by atoms with Gasteiger partial charge in [0.05, 0.1) is 0 Å². The molecule has 7 heteroatoms. The third-order valence-corrected chi connectivity index (χ3v) is 4.36. The number of aryl methyl sites for hydroxylation is 1. The van der Waals surface area contributed by atoms with Gasteiger partial charge in [-0.2, -0.15) is 0 Å². The summed E-state index contributed by atoms with van der Waals surface area (Å²) in [4.78, 5) is 16.6. The molecule has 3 rings (SSSR count). The van der Waals surface area contributed by atoms with E-state index < -0.39 is 0 Å². The Bertz CT molecular complexity index is 610. The topological polar surface area (TPSA) is 79.8 Å². The summed E-state index contributed by atoms with van der Waals surface area (Å²) in [5, 5.41) is 14.2. The highest BCUT2D eigenvalue weighted by atomic mass is 32.1. The van der Waals surface area contributed by atoms with Crippen molar-refractivity contribution >= 4 is 22.4 Å². The van der Waals surface area contributed by atoms with Crippen molar-refractivity contribution in [3.05, 3.63) is 35.1 Å². The summed E-state index contributed by atoms with van der Waals surface area (Å²) in [6.45, 7) is 2.09. The van der Waals surface area contributed by atoms with Crippen molar-refractivity contribution in [1.29, 1.82) is 0 Å². The Morgan fingerprint density at radius 3 is 3.18 bits per heavy atom. The number of amides is 1. The average Bonchev–Trinajstić information content (AvgIpc) is 3.07. The normalized spacial score (nSPS) is 18.1. The minimum atomic E-state index is -0.0525. The molecule has 1 atom stereocenters. The van der Waals surface area contributed by atoms with Crippen LogP contribution in [0.5, 0.6) is 0 Å². The third kappa shape index (κ3) is 4.08. The molecule has 1 aliphatic heterocycles. The van der Waals surface area contributed by atoms with E-state index in [1.807, 2.05) is 12.1 Å². The van der Waals surface area contributed by atoms with Crippen LogP contribution in [0, 0.1) is 0 Å². The van der Waals surface area contributed by atoms with Crippen LogP contribution >= 0.6 is 11.3 Å². The van der Waals surface area contributed by atoms with Crippen LogP contribution < -0.4 is 10.6 Å². The van der Waals surface area contributed by atoms with Gasteiger partial charge in [0.15, 0.2) is 0 Å². The summed E-state index contributed by atoms with van der Waals surface area (Å²) in [6.07, 6.45) is 3.42. The van der Waals surface area contributed by atoms with E-state index in [-0.39, 0.29) is 5.91 Å². The summed E-state index contributed by atoms with van der Waals surface area (Å²) >= 11 is 1.32. The summed E-state index contributed by atoms with van der Waals surface area (Å²) in [6, 6.07) is 6.11. The summed E-state index contributed by atoms with van der Waals surface area (Å²) < 4.78 is 0. The van der Waals surface area contributed by atoms with Gasteiger partial charge in [0.25, 0.3) is 0 Å². The standard InChI is InChI=1S/C15H19N5OS/c21-14(19-15-20-17-10-22-15)7-6-12-4-1-5-13(18-12)11-3-2-8-16-9-11/h1,4-5,10-11,16H,2-3,6-9H2,(H,19,20,21)/t11-/m1/s1. The van der Waals surface area contributed by atoms with Crippen molar-refractivity contribution in [3.8, 4) is 0 Å². The first-order valence-corrected chi connectivity index (χ1v) is 8.42. The van der Waals surface area contributed by atoms with Crippen LogP contribution in [0.2, 0.25) is 0 Å². The molecule has 1 aliphatic rings. The van der Waals surface area contributed by atoms with E-state index in [0.29, 0.717) is 23.9 Å². The summed E-state index contributed by atoms with van der Waals surface area (Å²) in [5.41, 5.74) is 3.70. The van der Waals surface area contributed by atoms with Gasteiger partial charge in [-0.15, -0.1) is 10.2 Å². The second-order valence-electron chi connectivity index (χ2n) is 5.39. The molecule has 0 unspecified atom stereocenters. The Balaban J connectivity index is 1.54. The molecule has 2 aromatic rings. The highest BCUT2D eigenvalue weighted by Crippen LogP contribution is 2.21. The number of nitrogens with zero attached hydrogens (tertiary/aromatic N) is 3. The quantitative estimate of drug-likeness (QED) is 0.881. The molecule has 1 fully saturated rings. The molecule has 116 valence electrons. The molecule has 2 aromatic heterocycles. The number of carbonyl (C=O) groups is 1. The molecular formula is C15H19N5OS. The predicted molar refractivity (Wildman–Crippen MR) is 85.9 cm³/mol. The van der Waals surface area contributed by atoms with E-state index in [4.69, 9.17) is 4.98 Å². The maximum Gasteiger partial charge on any atom is 0.226 e. The molecule has 1 amide bonds. The number of hydrogen-bond acceptors (Lipinski definition) is 6. The van der Waals surface area contributed by atoms with Gasteiger partial charge >= 0.3 is 0 Å². The molecule has 6 nitrogen and oxygen atoms in total. The van der Waals surface area contributed by atoms with Crippen LogP contribution in [0.25, 0.3) is 0 Å². The monoisotopic (exact) mass is 317 g/mol. The molecule has 2 N–H and O–H groups in total. The van der Waals surface area contributed by atoms with Gasteiger partial charge in [-0.3, -0.25) is 9.78 Å². The van der Waals surface area contributed by atoms with Crippen molar-refractivity contribution in [2.24, 2.45) is 0 Å². The zero-order chi connectivity index (χ0) is 15.2. The van der Waals surface area contributed by atoms with Gasteiger partial charge in [0.1, 0.15) is 5.51 Å². The van der Waals surface area contributed by atoms with Gasteiger partial charge in [0.2, 0.25) is 11.0 Å². The van der Waals surface area contributed by atoms with Crippen molar-refractivity contribution in [1.82, 2.24) is 20.5 Å². The van der Waals surface area contributed by atoms with Gasteiger partial charge in [0, 0.05) is 30.3 Å². The Labute approximate surface area is 133 Å². The third-order valence-electron chi connectivity index (χ3n) is 3.76. The van der Waals surface area contributed by atoms with Crippen molar-refractivity contribution < 1.29 is 4.79 Å². The van der Waals surface area contributed by atoms with Crippen LogP contribution in [0.3, 0.4) is 0 Å². The van der Waals surface area contributed by atoms with E-state index in [0.717, 1.165) is 24.5 Å². The van der Waals surface area contributed by atoms with E-state index in [2.05, 4.69) is 26.9 Å². The Kier molecular flexibility index (Phi) is 5.07. The van der Waals surface area contributed by atoms with Gasteiger partial charge in [-0.1, -0.05) is 17.4 Å². The first-order valence-electron chi connectivity index (χ1n) is 7.54. The van der Waals surface area contributed by atoms with E-state index in [9.17, 15) is 4.79 Å². The van der Waals surface area contributed by atoms with Gasteiger partial charge < -0.3 is 10.6 Å². The molecule has 22 heavy (non-hydrogen) atoms. The number of hydrogen-bond donors (Lipinski definition) is 2. The minimum Gasteiger partial charge on any atom is -0.316 e. The first-order chi connectivity index (χ1) is 10.8. The first kappa shape index (κ1) is 15.1. The molecule has 0 bridgehead atoms. The summed E-state index contributed by atoms with van der Waals surface area (Å²) in [7, 11) is 0. The van der Waals surface area contributed by atoms with Crippen LogP contribution in [-0.4, -0.2) is 34.2 Å². The molecule has 0 radical (unpaired) electrons. The second kappa shape index (κ2) is 7.42. The van der Waals surface area contributed by atoms with Crippen molar-refractivity contribution in [2.75, 3.05) is 18.4 Å². The highest BCUT2D eigenvalue weighted by molar-refractivity contribution is 7.13. The maximum absolute atomic E-state index is 11.9. The fraction of sp³-hybridized carbons (Fsp3) is 0.467. The van der Waals surface area contributed by atoms with Crippen LogP contribution in [0.4, 0.5) is 5.13 Å². The number of anilines is 1. The van der Waals surface area contributed by atoms with Crippen LogP contribution in [0.15, 0.2) is 23.7 Å². The SMILES string of the molecule is O=C(CCc1cccc([C@@H]2CCCNC2)n1)Nc1nncs1. The smallest absolute Gasteiger partial charge is 0.226 e. The zero-order valence-corrected chi connectivity index (χ0v) is 13.1. The minimum absolute atomic E-state index is 0.0525. The molecular weight excluding hydrogens is 298 g/mol. The lowest BCUT2D eigenvalue weighted by Gasteiger charge is -2.22. The Morgan fingerprint density at radius 1 is 1.45 bits per heavy atom. The maximum atomic E-state index is 11.9. The largest absolute Gasteiger partial charge is 0.316 e. The van der Waals surface area contributed by atoms with Gasteiger partial charge in [-0.25, -0.2) is 0 Å². The lowest BCUT2D eigenvalue weighted by Crippen LogP contribution is -2.28. The lowest BCUT2D eigenvalue weighted by atomic mass is 9.95. The molecule has 0 spiro atoms. The molecule has 0 aliphatic carbocycles. The zero-order valence-electron chi connectivity index (χ0n) is 12.3. The highest BCUT2D eigenvalue weighted by Gasteiger charge is 2.16. The average molecular weight is 317 g/mol. The summed E-state index contributed by atoms with van der Waals surface area (Å²) in [5.74, 6) is 0.437. The number of pyridine rings is 1. The molecule has 0 saturated carbocycles. The van der Waals surface area contributed by atoms with Crippen molar-refractivity contribution in [3.63, 3.8) is 0 Å². The number of aromatic nitrogens is 3. The second-order valence-corrected chi connectivity index (χ2v) is 6.22. The Hall–Kier alpha value is -1.86. The fourth-order valence-corrected chi connectivity index (χ4v) is 3.08. The van der Waals surface area contributed by atoms with Gasteiger partial charge in [-0.05, 0) is 37.9 Å². The molecule has 3 heterocycles. The van der Waals surface area contributed by atoms with Crippen LogP contribution in [-0.2, 0) is 11.2 Å². The van der Waals surface area contributed by atoms with E-state index >= 15 is 0 Å². The predicted octanol–water partition coefficient (Wildman–Crippen LogP) is 1.97. The number of piperidine rings is 1. The van der Waals surface area contributed by atoms with Crippen molar-refractivity contribution in [2.45, 2.75) is 31.6 Å². The number of rotatable bonds is 5. The number of nitrogens with one attached hydrogen (secondary N) is 2. The van der Waals surface area contributed by atoms with E-state index in [1.165, 1.54) is 24.2 Å². The lowest BCUT2D eigenvalue weighted by molar-refractivity contribution is -0.116. The molecule has 1 saturated heterocycles. The molecule has 0 aromatic carbocycles.